The monoisotopic (exact) mass is 309 g/mol. The first kappa shape index (κ1) is 13.7. The molecular weight excluding hydrogens is 294 g/mol. The third-order valence-corrected chi connectivity index (χ3v) is 3.95. The molecule has 1 saturated carbocycles. The lowest BCUT2D eigenvalue weighted by atomic mass is 10.2. The molecule has 0 atom stereocenters. The molecule has 1 aromatic carbocycles. The van der Waals surface area contributed by atoms with Crippen LogP contribution in [0.1, 0.15) is 30.1 Å². The van der Waals surface area contributed by atoms with Gasteiger partial charge in [0.1, 0.15) is 11.4 Å². The Hall–Kier alpha value is -2.96. The van der Waals surface area contributed by atoms with Gasteiger partial charge in [0.05, 0.1) is 12.2 Å². The van der Waals surface area contributed by atoms with Crippen LogP contribution >= 0.6 is 0 Å². The molecule has 0 spiro atoms. The molecule has 7 nitrogen and oxygen atoms in total. The van der Waals surface area contributed by atoms with E-state index in [9.17, 15) is 9.59 Å². The van der Waals surface area contributed by atoms with Crippen LogP contribution in [0.2, 0.25) is 0 Å². The first-order valence-electron chi connectivity index (χ1n) is 7.52. The standard InChI is InChI=1S/C16H15N5O2/c22-15-13(18-8-10-3-1-2-6-17-10)14(16(15)23)19-12-7-11(20-21-12)9-4-5-9/h1-3,6-7,9,18H,4-5,8H2,(H2,19,20,21). The number of hydrogen-bond donors (Lipinski definition) is 3. The van der Waals surface area contributed by atoms with Crippen LogP contribution in [0, 0.1) is 0 Å². The van der Waals surface area contributed by atoms with Crippen molar-refractivity contribution in [3.8, 4) is 0 Å². The van der Waals surface area contributed by atoms with Crippen LogP contribution in [0.4, 0.5) is 17.2 Å². The lowest BCUT2D eigenvalue weighted by molar-refractivity contribution is 0.966. The quantitative estimate of drug-likeness (QED) is 0.599. The van der Waals surface area contributed by atoms with Crippen LogP contribution in [0.25, 0.3) is 0 Å². The average molecular weight is 309 g/mol. The van der Waals surface area contributed by atoms with E-state index in [1.807, 2.05) is 24.3 Å². The maximum atomic E-state index is 11.8. The second-order valence-electron chi connectivity index (χ2n) is 5.69. The largest absolute Gasteiger partial charge is 0.374 e. The molecule has 0 aliphatic heterocycles. The van der Waals surface area contributed by atoms with Gasteiger partial charge in [-0.25, -0.2) is 0 Å². The topological polar surface area (TPSA) is 99.8 Å². The van der Waals surface area contributed by atoms with Gasteiger partial charge in [-0.3, -0.25) is 19.7 Å². The van der Waals surface area contributed by atoms with Crippen LogP contribution in [-0.2, 0) is 6.54 Å². The molecule has 7 heteroatoms. The number of anilines is 3. The van der Waals surface area contributed by atoms with E-state index in [1.54, 1.807) is 6.20 Å². The molecule has 0 bridgehead atoms. The van der Waals surface area contributed by atoms with Gasteiger partial charge in [0.15, 0.2) is 5.82 Å². The molecule has 3 N–H and O–H groups in total. The number of aromatic nitrogens is 3. The molecular formula is C16H15N5O2. The van der Waals surface area contributed by atoms with Crippen molar-refractivity contribution < 1.29 is 0 Å². The van der Waals surface area contributed by atoms with Crippen molar-refractivity contribution in [3.63, 3.8) is 0 Å². The predicted octanol–water partition coefficient (Wildman–Crippen LogP) is 1.63. The highest BCUT2D eigenvalue weighted by molar-refractivity contribution is 5.77. The van der Waals surface area contributed by atoms with E-state index in [2.05, 4.69) is 25.8 Å². The van der Waals surface area contributed by atoms with Gasteiger partial charge in [0.2, 0.25) is 0 Å². The number of H-pyrrole nitrogens is 1. The van der Waals surface area contributed by atoms with E-state index < -0.39 is 10.9 Å². The number of hydrogen-bond acceptors (Lipinski definition) is 6. The molecule has 23 heavy (non-hydrogen) atoms. The van der Waals surface area contributed by atoms with Crippen LogP contribution < -0.4 is 21.5 Å². The number of aromatic amines is 1. The van der Waals surface area contributed by atoms with E-state index in [0.29, 0.717) is 18.3 Å². The summed E-state index contributed by atoms with van der Waals surface area (Å²) >= 11 is 0. The van der Waals surface area contributed by atoms with Crippen molar-refractivity contribution in [2.75, 3.05) is 10.6 Å². The van der Waals surface area contributed by atoms with Crippen molar-refractivity contribution in [3.05, 3.63) is 62.3 Å². The Morgan fingerprint density at radius 1 is 1.17 bits per heavy atom. The molecule has 1 aliphatic carbocycles. The van der Waals surface area contributed by atoms with Crippen LogP contribution in [0.15, 0.2) is 40.1 Å². The third kappa shape index (κ3) is 2.61. The van der Waals surface area contributed by atoms with Crippen molar-refractivity contribution in [2.24, 2.45) is 0 Å². The molecule has 3 aromatic rings. The van der Waals surface area contributed by atoms with Gasteiger partial charge in [-0.2, -0.15) is 5.10 Å². The lowest BCUT2D eigenvalue weighted by Crippen LogP contribution is -2.36. The van der Waals surface area contributed by atoms with E-state index in [-0.39, 0.29) is 11.4 Å². The fourth-order valence-electron chi connectivity index (χ4n) is 2.49. The molecule has 1 fully saturated rings. The summed E-state index contributed by atoms with van der Waals surface area (Å²) in [6.45, 7) is 0.383. The number of rotatable bonds is 6. The number of nitrogens with zero attached hydrogens (tertiary/aromatic N) is 2. The Morgan fingerprint density at radius 2 is 2.00 bits per heavy atom. The van der Waals surface area contributed by atoms with E-state index >= 15 is 0 Å². The summed E-state index contributed by atoms with van der Waals surface area (Å²) in [5.74, 6) is 1.10. The zero-order valence-corrected chi connectivity index (χ0v) is 12.3. The molecule has 2 aromatic heterocycles. The summed E-state index contributed by atoms with van der Waals surface area (Å²) in [7, 11) is 0. The first-order chi connectivity index (χ1) is 11.2. The van der Waals surface area contributed by atoms with Gasteiger partial charge in [0.25, 0.3) is 10.9 Å². The molecule has 0 saturated heterocycles. The SMILES string of the molecule is O=c1c(NCc2ccccn2)c(Nc2cc(C3CC3)[nH]n2)c1=O. The van der Waals surface area contributed by atoms with Gasteiger partial charge < -0.3 is 10.6 Å². The number of pyridine rings is 1. The van der Waals surface area contributed by atoms with Gasteiger partial charge in [-0.1, -0.05) is 6.07 Å². The molecule has 0 unspecified atom stereocenters. The summed E-state index contributed by atoms with van der Waals surface area (Å²) in [4.78, 5) is 27.7. The van der Waals surface area contributed by atoms with E-state index in [4.69, 9.17) is 0 Å². The van der Waals surface area contributed by atoms with E-state index in [0.717, 1.165) is 11.4 Å². The molecule has 116 valence electrons. The first-order valence-corrected chi connectivity index (χ1v) is 7.52. The Morgan fingerprint density at radius 3 is 2.74 bits per heavy atom. The van der Waals surface area contributed by atoms with Gasteiger partial charge in [0, 0.05) is 23.9 Å². The van der Waals surface area contributed by atoms with Gasteiger partial charge >= 0.3 is 0 Å². The smallest absolute Gasteiger partial charge is 0.253 e. The second kappa shape index (κ2) is 5.35. The minimum absolute atomic E-state index is 0.264. The molecule has 0 amide bonds. The Labute approximate surface area is 131 Å². The molecule has 0 radical (unpaired) electrons. The predicted molar refractivity (Wildman–Crippen MR) is 86.8 cm³/mol. The Bertz CT molecular complexity index is 904. The summed E-state index contributed by atoms with van der Waals surface area (Å²) in [5, 5.41) is 13.0. The zero-order valence-electron chi connectivity index (χ0n) is 12.3. The Balaban J connectivity index is 1.49. The summed E-state index contributed by atoms with van der Waals surface area (Å²) < 4.78 is 0. The average Bonchev–Trinajstić information content (AvgIpc) is 3.33. The van der Waals surface area contributed by atoms with Crippen molar-refractivity contribution in [1.29, 1.82) is 0 Å². The minimum atomic E-state index is -0.524. The van der Waals surface area contributed by atoms with Crippen LogP contribution in [0.5, 0.6) is 0 Å². The van der Waals surface area contributed by atoms with Crippen molar-refractivity contribution >= 4 is 17.2 Å². The Kier molecular flexibility index (Phi) is 3.18. The fraction of sp³-hybridized carbons (Fsp3) is 0.250. The summed E-state index contributed by atoms with van der Waals surface area (Å²) in [5.41, 5.74) is 1.37. The lowest BCUT2D eigenvalue weighted by Gasteiger charge is -2.13. The highest BCUT2D eigenvalue weighted by Crippen LogP contribution is 2.39. The number of nitrogens with one attached hydrogen (secondary N) is 3. The molecule has 1 aliphatic rings. The highest BCUT2D eigenvalue weighted by atomic mass is 16.2. The van der Waals surface area contributed by atoms with Gasteiger partial charge in [-0.05, 0) is 25.0 Å². The minimum Gasteiger partial charge on any atom is -0.374 e. The second-order valence-corrected chi connectivity index (χ2v) is 5.69. The molecule has 2 heterocycles. The van der Waals surface area contributed by atoms with Crippen molar-refractivity contribution in [1.82, 2.24) is 15.2 Å². The van der Waals surface area contributed by atoms with Crippen LogP contribution in [0.3, 0.4) is 0 Å². The maximum absolute atomic E-state index is 11.8. The summed E-state index contributed by atoms with van der Waals surface area (Å²) in [6, 6.07) is 7.43. The van der Waals surface area contributed by atoms with Crippen molar-refractivity contribution in [2.45, 2.75) is 25.3 Å². The highest BCUT2D eigenvalue weighted by Gasteiger charge is 2.26. The summed E-state index contributed by atoms with van der Waals surface area (Å²) in [6.07, 6.45) is 4.01. The van der Waals surface area contributed by atoms with Crippen LogP contribution in [-0.4, -0.2) is 15.2 Å². The fourth-order valence-corrected chi connectivity index (χ4v) is 2.49. The molecule has 4 rings (SSSR count). The third-order valence-electron chi connectivity index (χ3n) is 3.95. The zero-order chi connectivity index (χ0) is 15.8. The maximum Gasteiger partial charge on any atom is 0.253 e. The van der Waals surface area contributed by atoms with Gasteiger partial charge in [-0.15, -0.1) is 0 Å². The van der Waals surface area contributed by atoms with E-state index in [1.165, 1.54) is 12.8 Å². The normalized spacial score (nSPS) is 14.1.